The van der Waals surface area contributed by atoms with Crippen LogP contribution in [0.25, 0.3) is 0 Å². The van der Waals surface area contributed by atoms with Crippen LogP contribution in [0.4, 0.5) is 14.4 Å². The second-order valence-corrected chi connectivity index (χ2v) is 9.25. The van der Waals surface area contributed by atoms with Gasteiger partial charge in [0, 0.05) is 0 Å². The molecule has 40 heavy (non-hydrogen) atoms. The van der Waals surface area contributed by atoms with Gasteiger partial charge >= 0.3 is 24.4 Å². The summed E-state index contributed by atoms with van der Waals surface area (Å²) < 4.78 is 36.1. The second kappa shape index (κ2) is 18.7. The minimum atomic E-state index is -1.10. The van der Waals surface area contributed by atoms with Crippen molar-refractivity contribution >= 4 is 24.4 Å². The van der Waals surface area contributed by atoms with Crippen LogP contribution in [0.1, 0.15) is 79.2 Å². The summed E-state index contributed by atoms with van der Waals surface area (Å²) in [5.41, 5.74) is 6.54. The number of esters is 1. The quantitative estimate of drug-likeness (QED) is 0.116. The van der Waals surface area contributed by atoms with Gasteiger partial charge in [-0.15, -0.1) is 0 Å². The second-order valence-electron chi connectivity index (χ2n) is 9.25. The Labute approximate surface area is 235 Å². The number of nitrogens with two attached hydrogens (primary N) is 1. The lowest BCUT2D eigenvalue weighted by Gasteiger charge is -2.23. The molecule has 0 amide bonds. The molecule has 0 heterocycles. The van der Waals surface area contributed by atoms with Crippen molar-refractivity contribution in [3.63, 3.8) is 0 Å². The fourth-order valence-corrected chi connectivity index (χ4v) is 2.91. The van der Waals surface area contributed by atoms with Gasteiger partial charge in [0.05, 0.1) is 13.2 Å². The molecule has 1 rings (SSSR count). The van der Waals surface area contributed by atoms with Gasteiger partial charge < -0.3 is 38.9 Å². The van der Waals surface area contributed by atoms with Gasteiger partial charge in [0.1, 0.15) is 24.4 Å². The maximum atomic E-state index is 12.6. The molecule has 0 spiro atoms. The topological polar surface area (TPSA) is 159 Å². The lowest BCUT2D eigenvalue weighted by molar-refractivity contribution is -0.155. The van der Waals surface area contributed by atoms with Crippen molar-refractivity contribution in [1.82, 2.24) is 0 Å². The normalized spacial score (nSPS) is 13.7. The van der Waals surface area contributed by atoms with Crippen LogP contribution in [0.2, 0.25) is 0 Å². The summed E-state index contributed by atoms with van der Waals surface area (Å²) in [4.78, 5) is 48.6. The highest BCUT2D eigenvalue weighted by Gasteiger charge is 2.26. The zero-order valence-electron chi connectivity index (χ0n) is 24.3. The van der Waals surface area contributed by atoms with Crippen LogP contribution in [-0.2, 0) is 34.9 Å². The van der Waals surface area contributed by atoms with Crippen LogP contribution in [0.3, 0.4) is 0 Å². The first-order valence-corrected chi connectivity index (χ1v) is 13.7. The standard InChI is InChI=1S/C28H43NO11/c1-7-10-14-34-26(31)39-23-13-12-21(17-24(23)40-27(32)35-15-11-8-2)16-22(29)25(30)37-19(5)20(6)38-28(33)36-18(4)9-3/h12-13,17-20,22H,7-11,14-16,29H2,1-6H3/t18?,19-,20-,22-/m0/s1. The molecule has 0 bridgehead atoms. The van der Waals surface area contributed by atoms with Gasteiger partial charge in [-0.3, -0.25) is 4.79 Å². The molecule has 0 saturated heterocycles. The highest BCUT2D eigenvalue weighted by atomic mass is 16.8. The molecular formula is C28H43NO11. The molecule has 12 nitrogen and oxygen atoms in total. The van der Waals surface area contributed by atoms with E-state index in [1.165, 1.54) is 12.1 Å². The maximum absolute atomic E-state index is 12.6. The average Bonchev–Trinajstić information content (AvgIpc) is 2.90. The minimum Gasteiger partial charge on any atom is -0.458 e. The SMILES string of the molecule is CCCCOC(=O)Oc1ccc(C[C@H](N)C(=O)O[C@@H](C)[C@H](C)OC(=O)OC(C)CC)cc1OC(=O)OCCCC. The first-order valence-electron chi connectivity index (χ1n) is 13.7. The monoisotopic (exact) mass is 569 g/mol. The number of rotatable bonds is 16. The van der Waals surface area contributed by atoms with E-state index < -0.39 is 42.7 Å². The number of benzene rings is 1. The van der Waals surface area contributed by atoms with E-state index in [0.29, 0.717) is 24.8 Å². The van der Waals surface area contributed by atoms with E-state index >= 15 is 0 Å². The van der Waals surface area contributed by atoms with Crippen molar-refractivity contribution in [3.05, 3.63) is 23.8 Å². The number of hydrogen-bond donors (Lipinski definition) is 1. The van der Waals surface area contributed by atoms with Crippen molar-refractivity contribution < 1.29 is 52.3 Å². The van der Waals surface area contributed by atoms with E-state index in [0.717, 1.165) is 12.8 Å². The molecule has 1 aromatic carbocycles. The Hall–Kier alpha value is -3.54. The molecule has 0 saturated carbocycles. The van der Waals surface area contributed by atoms with Crippen molar-refractivity contribution in [2.24, 2.45) is 5.73 Å². The van der Waals surface area contributed by atoms with E-state index in [-0.39, 0.29) is 37.2 Å². The number of unbranched alkanes of at least 4 members (excludes halogenated alkanes) is 2. The molecule has 0 aliphatic carbocycles. The van der Waals surface area contributed by atoms with E-state index in [1.54, 1.807) is 26.8 Å². The molecule has 12 heteroatoms. The Morgan fingerprint density at radius 3 is 1.85 bits per heavy atom. The van der Waals surface area contributed by atoms with E-state index in [1.807, 2.05) is 20.8 Å². The summed E-state index contributed by atoms with van der Waals surface area (Å²) in [5.74, 6) is -0.917. The lowest BCUT2D eigenvalue weighted by Crippen LogP contribution is -2.39. The number of ether oxygens (including phenoxy) is 7. The Morgan fingerprint density at radius 2 is 1.30 bits per heavy atom. The third-order valence-corrected chi connectivity index (χ3v) is 5.71. The lowest BCUT2D eigenvalue weighted by atomic mass is 10.1. The number of hydrogen-bond acceptors (Lipinski definition) is 12. The van der Waals surface area contributed by atoms with Crippen molar-refractivity contribution in [2.45, 2.75) is 104 Å². The van der Waals surface area contributed by atoms with Gasteiger partial charge in [0.25, 0.3) is 0 Å². The number of carbonyl (C=O) groups is 4. The first-order chi connectivity index (χ1) is 19.0. The summed E-state index contributed by atoms with van der Waals surface area (Å²) in [6, 6.07) is 3.25. The highest BCUT2D eigenvalue weighted by Crippen LogP contribution is 2.30. The predicted molar refractivity (Wildman–Crippen MR) is 144 cm³/mol. The molecule has 0 radical (unpaired) electrons. The maximum Gasteiger partial charge on any atom is 0.513 e. The van der Waals surface area contributed by atoms with Gasteiger partial charge in [-0.1, -0.05) is 39.7 Å². The Kier molecular flexibility index (Phi) is 16.1. The van der Waals surface area contributed by atoms with Gasteiger partial charge in [-0.25, -0.2) is 14.4 Å². The van der Waals surface area contributed by atoms with Gasteiger partial charge in [0.15, 0.2) is 11.5 Å². The summed E-state index contributed by atoms with van der Waals surface area (Å²) in [7, 11) is 0. The molecule has 0 aliphatic rings. The largest absolute Gasteiger partial charge is 0.513 e. The Morgan fingerprint density at radius 1 is 0.750 bits per heavy atom. The summed E-state index contributed by atoms with van der Waals surface area (Å²) in [6.07, 6.45) is -1.07. The van der Waals surface area contributed by atoms with E-state index in [9.17, 15) is 19.2 Å². The van der Waals surface area contributed by atoms with Crippen LogP contribution in [0, 0.1) is 0 Å². The number of carbonyl (C=O) groups excluding carboxylic acids is 4. The van der Waals surface area contributed by atoms with Crippen LogP contribution in [0.15, 0.2) is 18.2 Å². The third-order valence-electron chi connectivity index (χ3n) is 5.71. The van der Waals surface area contributed by atoms with E-state index in [2.05, 4.69) is 0 Å². The molecule has 226 valence electrons. The molecule has 2 N–H and O–H groups in total. The highest BCUT2D eigenvalue weighted by molar-refractivity contribution is 5.76. The van der Waals surface area contributed by atoms with E-state index in [4.69, 9.17) is 38.9 Å². The van der Waals surface area contributed by atoms with Gasteiger partial charge in [0.2, 0.25) is 0 Å². The van der Waals surface area contributed by atoms with Crippen LogP contribution >= 0.6 is 0 Å². The molecular weight excluding hydrogens is 526 g/mol. The zero-order valence-corrected chi connectivity index (χ0v) is 24.3. The molecule has 1 aromatic rings. The summed E-state index contributed by atoms with van der Waals surface area (Å²) in [6.45, 7) is 11.0. The molecule has 0 aromatic heterocycles. The first kappa shape index (κ1) is 34.5. The van der Waals surface area contributed by atoms with Crippen LogP contribution in [-0.4, -0.2) is 62.0 Å². The van der Waals surface area contributed by atoms with Crippen molar-refractivity contribution in [1.29, 1.82) is 0 Å². The van der Waals surface area contributed by atoms with Crippen molar-refractivity contribution in [2.75, 3.05) is 13.2 Å². The molecule has 1 unspecified atom stereocenters. The third kappa shape index (κ3) is 13.5. The zero-order chi connectivity index (χ0) is 30.1. The Balaban J connectivity index is 2.87. The van der Waals surface area contributed by atoms with Crippen LogP contribution < -0.4 is 15.2 Å². The predicted octanol–water partition coefficient (Wildman–Crippen LogP) is 5.46. The minimum absolute atomic E-state index is 0.000678. The van der Waals surface area contributed by atoms with Crippen LogP contribution in [0.5, 0.6) is 11.5 Å². The fraction of sp³-hybridized carbons (Fsp3) is 0.643. The van der Waals surface area contributed by atoms with Crippen molar-refractivity contribution in [3.8, 4) is 11.5 Å². The van der Waals surface area contributed by atoms with Gasteiger partial charge in [-0.2, -0.15) is 0 Å². The van der Waals surface area contributed by atoms with Gasteiger partial charge in [-0.05, 0) is 64.2 Å². The molecule has 0 aliphatic heterocycles. The fourth-order valence-electron chi connectivity index (χ4n) is 2.91. The molecule has 4 atom stereocenters. The summed E-state index contributed by atoms with van der Waals surface area (Å²) >= 11 is 0. The molecule has 0 fully saturated rings. The average molecular weight is 570 g/mol. The smallest absolute Gasteiger partial charge is 0.458 e. The summed E-state index contributed by atoms with van der Waals surface area (Å²) in [5, 5.41) is 0. The Bertz CT molecular complexity index is 952.